The maximum absolute atomic E-state index is 10.2. The van der Waals surface area contributed by atoms with Crippen LogP contribution >= 0.6 is 11.3 Å². The lowest BCUT2D eigenvalue weighted by molar-refractivity contribution is -0.922. The predicted octanol–water partition coefficient (Wildman–Crippen LogP) is 0.556. The van der Waals surface area contributed by atoms with Crippen molar-refractivity contribution in [3.05, 3.63) is 16.3 Å². The average molecular weight is 376 g/mol. The molecule has 1 atom stereocenters. The number of rotatable bonds is 3. The zero-order chi connectivity index (χ0) is 17.5. The maximum atomic E-state index is 10.2. The van der Waals surface area contributed by atoms with Crippen molar-refractivity contribution in [1.29, 1.82) is 0 Å². The maximum Gasteiger partial charge on any atom is 0.187 e. The lowest BCUT2D eigenvalue weighted by Gasteiger charge is -2.32. The summed E-state index contributed by atoms with van der Waals surface area (Å²) in [5.74, 6) is 2.03. The van der Waals surface area contributed by atoms with E-state index in [-0.39, 0.29) is 6.10 Å². The summed E-state index contributed by atoms with van der Waals surface area (Å²) in [6.07, 6.45) is 5.27. The number of anilines is 1. The Morgan fingerprint density at radius 1 is 1.19 bits per heavy atom. The van der Waals surface area contributed by atoms with Crippen molar-refractivity contribution >= 4 is 27.4 Å². The Morgan fingerprint density at radius 2 is 2.08 bits per heavy atom. The van der Waals surface area contributed by atoms with Crippen LogP contribution in [0.2, 0.25) is 0 Å². The summed E-state index contributed by atoms with van der Waals surface area (Å²) in [6.45, 7) is 6.26. The van der Waals surface area contributed by atoms with Crippen LogP contribution in [0.1, 0.15) is 35.5 Å². The van der Waals surface area contributed by atoms with Crippen molar-refractivity contribution in [3.63, 3.8) is 0 Å². The summed E-state index contributed by atoms with van der Waals surface area (Å²) in [5, 5.41) is 11.5. The third kappa shape index (κ3) is 3.11. The van der Waals surface area contributed by atoms with Gasteiger partial charge < -0.3 is 19.6 Å². The molecule has 0 aromatic carbocycles. The first-order chi connectivity index (χ1) is 12.8. The first-order valence-electron chi connectivity index (χ1n) is 9.93. The van der Waals surface area contributed by atoms with E-state index in [1.807, 2.05) is 11.3 Å². The first kappa shape index (κ1) is 16.9. The highest BCUT2D eigenvalue weighted by Crippen LogP contribution is 2.41. The Balaban J connectivity index is 1.55. The van der Waals surface area contributed by atoms with Crippen LogP contribution in [0.25, 0.3) is 10.2 Å². The van der Waals surface area contributed by atoms with Gasteiger partial charge in [-0.3, -0.25) is 0 Å². The number of quaternary nitrogens is 1. The first-order valence-corrected chi connectivity index (χ1v) is 10.7. The number of aryl methyl sites for hydroxylation is 2. The molecule has 26 heavy (non-hydrogen) atoms. The molecule has 2 aliphatic heterocycles. The van der Waals surface area contributed by atoms with Crippen LogP contribution in [-0.2, 0) is 24.1 Å². The van der Waals surface area contributed by atoms with Crippen molar-refractivity contribution in [3.8, 4) is 0 Å². The molecule has 0 saturated carbocycles. The minimum absolute atomic E-state index is 0.242. The molecule has 2 aromatic rings. The van der Waals surface area contributed by atoms with Gasteiger partial charge in [-0.25, -0.2) is 9.97 Å². The van der Waals surface area contributed by atoms with Crippen LogP contribution in [0, 0.1) is 0 Å². The van der Waals surface area contributed by atoms with Gasteiger partial charge in [0.15, 0.2) is 5.82 Å². The molecular weight excluding hydrogens is 348 g/mol. The summed E-state index contributed by atoms with van der Waals surface area (Å²) in [5.41, 5.74) is 1.48. The van der Waals surface area contributed by atoms with Crippen molar-refractivity contribution in [2.24, 2.45) is 0 Å². The quantitative estimate of drug-likeness (QED) is 0.821. The minimum Gasteiger partial charge on any atom is -0.391 e. The molecule has 140 valence electrons. The van der Waals surface area contributed by atoms with Gasteiger partial charge in [-0.2, -0.15) is 0 Å². The SMILES string of the molecule is O[C@H]1CCCN(c2nc(C[NH+]3CCOCC3)nc3sc4c(c23)CCC4)C1. The summed E-state index contributed by atoms with van der Waals surface area (Å²) in [6, 6.07) is 0. The van der Waals surface area contributed by atoms with E-state index in [4.69, 9.17) is 14.7 Å². The smallest absolute Gasteiger partial charge is 0.187 e. The molecule has 2 N–H and O–H groups in total. The molecule has 4 heterocycles. The molecule has 7 heteroatoms. The van der Waals surface area contributed by atoms with E-state index in [1.165, 1.54) is 33.6 Å². The lowest BCUT2D eigenvalue weighted by Crippen LogP contribution is -3.12. The zero-order valence-electron chi connectivity index (χ0n) is 15.2. The van der Waals surface area contributed by atoms with Gasteiger partial charge in [0.05, 0.1) is 24.7 Å². The summed E-state index contributed by atoms with van der Waals surface area (Å²) < 4.78 is 5.48. The summed E-state index contributed by atoms with van der Waals surface area (Å²) in [7, 11) is 0. The van der Waals surface area contributed by atoms with Gasteiger partial charge in [0.25, 0.3) is 0 Å². The molecule has 2 aromatic heterocycles. The molecule has 0 unspecified atom stereocenters. The molecule has 2 saturated heterocycles. The Hall–Kier alpha value is -1.28. The van der Waals surface area contributed by atoms with Crippen molar-refractivity contribution in [2.45, 2.75) is 44.8 Å². The number of morpholine rings is 1. The van der Waals surface area contributed by atoms with E-state index < -0.39 is 0 Å². The second kappa shape index (κ2) is 7.03. The Kier molecular flexibility index (Phi) is 4.56. The number of thiophene rings is 1. The number of β-amino-alcohol motifs (C(OH)–C–C–N with tert-alkyl or cyclic N) is 1. The van der Waals surface area contributed by atoms with Crippen LogP contribution in [0.4, 0.5) is 5.82 Å². The van der Waals surface area contributed by atoms with E-state index in [2.05, 4.69) is 4.90 Å². The molecule has 0 spiro atoms. The highest BCUT2D eigenvalue weighted by Gasteiger charge is 2.28. The fraction of sp³-hybridized carbons (Fsp3) is 0.684. The number of aliphatic hydroxyl groups excluding tert-OH is 1. The molecule has 5 rings (SSSR count). The Labute approximate surface area is 157 Å². The third-order valence-electron chi connectivity index (χ3n) is 5.90. The number of aromatic nitrogens is 2. The van der Waals surface area contributed by atoms with Crippen molar-refractivity contribution < 1.29 is 14.7 Å². The fourth-order valence-corrected chi connectivity index (χ4v) is 5.81. The topological polar surface area (TPSA) is 62.9 Å². The van der Waals surface area contributed by atoms with Crippen molar-refractivity contribution in [2.75, 3.05) is 44.3 Å². The van der Waals surface area contributed by atoms with Gasteiger partial charge in [-0.05, 0) is 37.7 Å². The fourth-order valence-electron chi connectivity index (χ4n) is 4.54. The van der Waals surface area contributed by atoms with Gasteiger partial charge in [0.2, 0.25) is 0 Å². The third-order valence-corrected chi connectivity index (χ3v) is 7.08. The van der Waals surface area contributed by atoms with E-state index >= 15 is 0 Å². The molecule has 0 radical (unpaired) electrons. The van der Waals surface area contributed by atoms with Crippen LogP contribution in [0.15, 0.2) is 0 Å². The monoisotopic (exact) mass is 375 g/mol. The molecule has 0 amide bonds. The lowest BCUT2D eigenvalue weighted by atomic mass is 10.1. The number of piperidine rings is 1. The second-order valence-electron chi connectivity index (χ2n) is 7.78. The zero-order valence-corrected chi connectivity index (χ0v) is 16.0. The summed E-state index contributed by atoms with van der Waals surface area (Å²) in [4.78, 5) is 16.5. The van der Waals surface area contributed by atoms with Gasteiger partial charge >= 0.3 is 0 Å². The molecule has 3 aliphatic rings. The van der Waals surface area contributed by atoms with E-state index in [0.29, 0.717) is 6.54 Å². The number of fused-ring (bicyclic) bond motifs is 3. The number of nitrogens with zero attached hydrogens (tertiary/aromatic N) is 3. The highest BCUT2D eigenvalue weighted by molar-refractivity contribution is 7.19. The highest BCUT2D eigenvalue weighted by atomic mass is 32.1. The van der Waals surface area contributed by atoms with E-state index in [1.54, 1.807) is 0 Å². The molecule has 0 bridgehead atoms. The Bertz CT molecular complexity index is 802. The predicted molar refractivity (Wildman–Crippen MR) is 102 cm³/mol. The molecule has 2 fully saturated rings. The van der Waals surface area contributed by atoms with Gasteiger partial charge in [0.1, 0.15) is 30.3 Å². The van der Waals surface area contributed by atoms with E-state index in [9.17, 15) is 5.11 Å². The number of ether oxygens (including phenoxy) is 1. The van der Waals surface area contributed by atoms with Gasteiger partial charge in [-0.1, -0.05) is 0 Å². The van der Waals surface area contributed by atoms with Crippen LogP contribution in [0.3, 0.4) is 0 Å². The van der Waals surface area contributed by atoms with Gasteiger partial charge in [0, 0.05) is 18.0 Å². The largest absolute Gasteiger partial charge is 0.391 e. The molecule has 1 aliphatic carbocycles. The number of aliphatic hydroxyl groups is 1. The van der Waals surface area contributed by atoms with Crippen LogP contribution < -0.4 is 9.80 Å². The molecular formula is C19H27N4O2S+. The minimum atomic E-state index is -0.242. The summed E-state index contributed by atoms with van der Waals surface area (Å²) >= 11 is 1.87. The van der Waals surface area contributed by atoms with E-state index in [0.717, 1.165) is 75.1 Å². The number of hydrogen-bond donors (Lipinski definition) is 2. The second-order valence-corrected chi connectivity index (χ2v) is 8.87. The van der Waals surface area contributed by atoms with Crippen LogP contribution in [-0.4, -0.2) is 60.6 Å². The number of nitrogens with one attached hydrogen (secondary N) is 1. The van der Waals surface area contributed by atoms with Crippen LogP contribution in [0.5, 0.6) is 0 Å². The normalized spacial score (nSPS) is 24.3. The Morgan fingerprint density at radius 3 is 2.92 bits per heavy atom. The van der Waals surface area contributed by atoms with Crippen molar-refractivity contribution in [1.82, 2.24) is 9.97 Å². The average Bonchev–Trinajstić information content (AvgIpc) is 3.23. The molecule has 6 nitrogen and oxygen atoms in total. The number of hydrogen-bond acceptors (Lipinski definition) is 6. The van der Waals surface area contributed by atoms with Gasteiger partial charge in [-0.15, -0.1) is 11.3 Å². The standard InChI is InChI=1S/C19H26N4O2S/c24-13-3-2-6-23(11-13)18-17-14-4-1-5-15(14)26-19(17)21-16(20-18)12-22-7-9-25-10-8-22/h13,24H,1-12H2/p+1/t13-/m0/s1.